The number of halogens is 6. The molecule has 0 radical (unpaired) electrons. The molecule has 0 aromatic rings. The van der Waals surface area contributed by atoms with Gasteiger partial charge in [-0.15, -0.1) is 0 Å². The van der Waals surface area contributed by atoms with E-state index in [2.05, 4.69) is 11.1 Å². The second kappa shape index (κ2) is 16.0. The summed E-state index contributed by atoms with van der Waals surface area (Å²) in [6.45, 7) is 6.64. The minimum absolute atomic E-state index is 0.0417. The zero-order chi connectivity index (χ0) is 19.8. The number of nitrogens with two attached hydrogens (primary N) is 2. The summed E-state index contributed by atoms with van der Waals surface area (Å²) in [4.78, 5) is 0. The van der Waals surface area contributed by atoms with E-state index in [-0.39, 0.29) is 32.2 Å². The Morgan fingerprint density at radius 1 is 1.00 bits per heavy atom. The summed E-state index contributed by atoms with van der Waals surface area (Å²) in [6, 6.07) is 0. The van der Waals surface area contributed by atoms with Gasteiger partial charge in [-0.2, -0.15) is 26.3 Å². The highest BCUT2D eigenvalue weighted by Crippen LogP contribution is 2.32. The van der Waals surface area contributed by atoms with Gasteiger partial charge in [-0.25, -0.2) is 0 Å². The molecule has 1 saturated heterocycles. The lowest BCUT2D eigenvalue weighted by Crippen LogP contribution is -2.35. The van der Waals surface area contributed by atoms with Crippen LogP contribution in [-0.4, -0.2) is 39.0 Å². The smallest absolute Gasteiger partial charge is 0.333 e. The number of alkyl halides is 6. The van der Waals surface area contributed by atoms with Crippen molar-refractivity contribution in [2.45, 2.75) is 58.8 Å². The molecule has 3 nitrogen and oxygen atoms in total. The van der Waals surface area contributed by atoms with Crippen LogP contribution in [0.2, 0.25) is 0 Å². The van der Waals surface area contributed by atoms with Gasteiger partial charge in [-0.3, -0.25) is 0 Å². The van der Waals surface area contributed by atoms with Gasteiger partial charge in [0.15, 0.2) is 0 Å². The monoisotopic (exact) mass is 369 g/mol. The Morgan fingerprint density at radius 2 is 1.42 bits per heavy atom. The molecular weight excluding hydrogens is 336 g/mol. The standard InChI is InChI=1S/C6H10F3N.C6H12F3N.C2H6.CH5N/c7-6(8,9)5-1-3-10-4-2-5;1-2-5(3-4-10)6(7,8)9;2*1-2/h5,10H,1-4H2;5H,2-4,10H2,1H3;1-2H3;2H2,1H3. The van der Waals surface area contributed by atoms with Gasteiger partial charge in [-0.1, -0.05) is 20.8 Å². The van der Waals surface area contributed by atoms with Crippen LogP contribution in [0.5, 0.6) is 0 Å². The first-order valence-electron chi connectivity index (χ1n) is 8.24. The topological polar surface area (TPSA) is 64.1 Å². The summed E-state index contributed by atoms with van der Waals surface area (Å²) in [7, 11) is 1.50. The van der Waals surface area contributed by atoms with Gasteiger partial charge in [-0.05, 0) is 52.4 Å². The fourth-order valence-electron chi connectivity index (χ4n) is 1.95. The quantitative estimate of drug-likeness (QED) is 0.657. The Balaban J connectivity index is -0.000000304. The van der Waals surface area contributed by atoms with Crippen LogP contribution in [0, 0.1) is 11.8 Å². The van der Waals surface area contributed by atoms with Gasteiger partial charge in [0.05, 0.1) is 11.8 Å². The molecule has 150 valence electrons. The van der Waals surface area contributed by atoms with Gasteiger partial charge < -0.3 is 16.8 Å². The van der Waals surface area contributed by atoms with Gasteiger partial charge in [0.1, 0.15) is 0 Å². The second-order valence-electron chi connectivity index (χ2n) is 4.79. The summed E-state index contributed by atoms with van der Waals surface area (Å²) >= 11 is 0. The van der Waals surface area contributed by atoms with E-state index in [1.54, 1.807) is 0 Å². The van der Waals surface area contributed by atoms with Crippen LogP contribution >= 0.6 is 0 Å². The van der Waals surface area contributed by atoms with Crippen molar-refractivity contribution in [3.63, 3.8) is 0 Å². The second-order valence-corrected chi connectivity index (χ2v) is 4.79. The molecule has 0 aliphatic carbocycles. The zero-order valence-electron chi connectivity index (χ0n) is 15.0. The predicted octanol–water partition coefficient (Wildman–Crippen LogP) is 4.07. The largest absolute Gasteiger partial charge is 0.391 e. The van der Waals surface area contributed by atoms with Crippen LogP contribution in [0.25, 0.3) is 0 Å². The molecule has 0 bridgehead atoms. The minimum Gasteiger partial charge on any atom is -0.333 e. The molecule has 1 rings (SSSR count). The van der Waals surface area contributed by atoms with Crippen molar-refractivity contribution in [3.8, 4) is 0 Å². The summed E-state index contributed by atoms with van der Waals surface area (Å²) in [5, 5.41) is 2.89. The Hall–Kier alpha value is -0.540. The Bertz CT molecular complexity index is 236. The molecular formula is C15H33F6N3. The van der Waals surface area contributed by atoms with Crippen molar-refractivity contribution in [2.75, 3.05) is 26.7 Å². The fraction of sp³-hybridized carbons (Fsp3) is 1.00. The van der Waals surface area contributed by atoms with E-state index in [0.717, 1.165) is 0 Å². The number of hydrogen-bond acceptors (Lipinski definition) is 3. The van der Waals surface area contributed by atoms with E-state index in [9.17, 15) is 26.3 Å². The van der Waals surface area contributed by atoms with Crippen LogP contribution in [0.3, 0.4) is 0 Å². The molecule has 0 amide bonds. The fourth-order valence-corrected chi connectivity index (χ4v) is 1.95. The van der Waals surface area contributed by atoms with Crippen molar-refractivity contribution in [2.24, 2.45) is 23.3 Å². The maximum Gasteiger partial charge on any atom is 0.391 e. The molecule has 0 aromatic carbocycles. The lowest BCUT2D eigenvalue weighted by molar-refractivity contribution is -0.180. The summed E-state index contributed by atoms with van der Waals surface area (Å²) in [5.74, 6) is -2.27. The van der Waals surface area contributed by atoms with Crippen molar-refractivity contribution in [1.82, 2.24) is 5.32 Å². The van der Waals surface area contributed by atoms with E-state index >= 15 is 0 Å². The Kier molecular flexibility index (Phi) is 18.8. The average molecular weight is 369 g/mol. The molecule has 1 atom stereocenters. The lowest BCUT2D eigenvalue weighted by atomic mass is 9.98. The van der Waals surface area contributed by atoms with Crippen molar-refractivity contribution < 1.29 is 26.3 Å². The maximum atomic E-state index is 11.9. The highest BCUT2D eigenvalue weighted by atomic mass is 19.4. The Labute approximate surface area is 141 Å². The minimum atomic E-state index is -4.06. The molecule has 1 aliphatic heterocycles. The molecule has 9 heteroatoms. The van der Waals surface area contributed by atoms with Gasteiger partial charge in [0.2, 0.25) is 0 Å². The first kappa shape index (κ1) is 28.3. The van der Waals surface area contributed by atoms with E-state index in [4.69, 9.17) is 5.73 Å². The van der Waals surface area contributed by atoms with E-state index in [0.29, 0.717) is 13.1 Å². The molecule has 1 aliphatic rings. The molecule has 1 fully saturated rings. The van der Waals surface area contributed by atoms with Gasteiger partial charge in [0.25, 0.3) is 0 Å². The number of piperidine rings is 1. The first-order chi connectivity index (χ1) is 11.1. The van der Waals surface area contributed by atoms with Crippen molar-refractivity contribution >= 4 is 0 Å². The van der Waals surface area contributed by atoms with Crippen LogP contribution in [0.1, 0.15) is 46.5 Å². The van der Waals surface area contributed by atoms with Gasteiger partial charge >= 0.3 is 12.4 Å². The van der Waals surface area contributed by atoms with Crippen LogP contribution < -0.4 is 16.8 Å². The SMILES string of the molecule is CC.CCC(CCN)C(F)(F)F.CN.FC(F)(F)C1CCNCC1. The van der Waals surface area contributed by atoms with Crippen molar-refractivity contribution in [1.29, 1.82) is 0 Å². The molecule has 1 heterocycles. The predicted molar refractivity (Wildman–Crippen MR) is 86.6 cm³/mol. The number of rotatable bonds is 3. The van der Waals surface area contributed by atoms with Crippen LogP contribution in [0.15, 0.2) is 0 Å². The van der Waals surface area contributed by atoms with Crippen LogP contribution in [-0.2, 0) is 0 Å². The molecule has 0 saturated carbocycles. The molecule has 0 spiro atoms. The molecule has 1 unspecified atom stereocenters. The van der Waals surface area contributed by atoms with Gasteiger partial charge in [0, 0.05) is 0 Å². The summed E-state index contributed by atoms with van der Waals surface area (Å²) in [6.07, 6.45) is -7.38. The maximum absolute atomic E-state index is 11.9. The third-order valence-electron chi connectivity index (χ3n) is 3.27. The number of hydrogen-bond donors (Lipinski definition) is 3. The summed E-state index contributed by atoms with van der Waals surface area (Å²) in [5.41, 5.74) is 9.50. The Morgan fingerprint density at radius 3 is 1.58 bits per heavy atom. The third kappa shape index (κ3) is 15.0. The number of nitrogens with one attached hydrogen (secondary N) is 1. The van der Waals surface area contributed by atoms with E-state index < -0.39 is 24.2 Å². The average Bonchev–Trinajstić information content (AvgIpc) is 2.56. The normalized spacial score (nSPS) is 16.5. The summed E-state index contributed by atoms with van der Waals surface area (Å²) < 4.78 is 71.3. The highest BCUT2D eigenvalue weighted by molar-refractivity contribution is 4.73. The lowest BCUT2D eigenvalue weighted by Gasteiger charge is -2.24. The van der Waals surface area contributed by atoms with Crippen LogP contribution in [0.4, 0.5) is 26.3 Å². The zero-order valence-corrected chi connectivity index (χ0v) is 15.0. The highest BCUT2D eigenvalue weighted by Gasteiger charge is 2.39. The first-order valence-corrected chi connectivity index (χ1v) is 8.24. The van der Waals surface area contributed by atoms with E-state index in [1.807, 2.05) is 13.8 Å². The molecule has 0 aromatic heterocycles. The molecule has 24 heavy (non-hydrogen) atoms. The van der Waals surface area contributed by atoms with Crippen molar-refractivity contribution in [3.05, 3.63) is 0 Å². The molecule has 5 N–H and O–H groups in total. The third-order valence-corrected chi connectivity index (χ3v) is 3.27. The van der Waals surface area contributed by atoms with E-state index in [1.165, 1.54) is 14.0 Å².